The average Bonchev–Trinajstić information content (AvgIpc) is 2.74. The third-order valence-corrected chi connectivity index (χ3v) is 3.98. The summed E-state index contributed by atoms with van der Waals surface area (Å²) in [5.74, 6) is -0.806. The SMILES string of the molecule is Cc1nc(C(C)N2CCOC(CC(=O)O)C2)cs1. The Bertz CT molecular complexity index is 421. The lowest BCUT2D eigenvalue weighted by molar-refractivity contribution is -0.142. The van der Waals surface area contributed by atoms with Crippen LogP contribution in [0.2, 0.25) is 0 Å². The van der Waals surface area contributed by atoms with Crippen molar-refractivity contribution >= 4 is 17.3 Å². The summed E-state index contributed by atoms with van der Waals surface area (Å²) >= 11 is 1.65. The van der Waals surface area contributed by atoms with Crippen LogP contribution in [0.15, 0.2) is 5.38 Å². The number of nitrogens with zero attached hydrogens (tertiary/aromatic N) is 2. The minimum atomic E-state index is -0.806. The van der Waals surface area contributed by atoms with E-state index in [-0.39, 0.29) is 18.6 Å². The van der Waals surface area contributed by atoms with Crippen molar-refractivity contribution in [2.75, 3.05) is 19.7 Å². The molecule has 5 nitrogen and oxygen atoms in total. The molecule has 0 saturated carbocycles. The maximum atomic E-state index is 10.7. The summed E-state index contributed by atoms with van der Waals surface area (Å²) < 4.78 is 5.47. The zero-order valence-corrected chi connectivity index (χ0v) is 11.4. The molecule has 0 bridgehead atoms. The molecule has 0 spiro atoms. The molecule has 1 aliphatic heterocycles. The number of ether oxygens (including phenoxy) is 1. The Morgan fingerprint density at radius 1 is 1.78 bits per heavy atom. The van der Waals surface area contributed by atoms with E-state index < -0.39 is 5.97 Å². The summed E-state index contributed by atoms with van der Waals surface area (Å²) in [6.07, 6.45) is -0.141. The van der Waals surface area contributed by atoms with E-state index in [9.17, 15) is 4.79 Å². The van der Waals surface area contributed by atoms with Crippen molar-refractivity contribution in [3.8, 4) is 0 Å². The van der Waals surface area contributed by atoms with E-state index in [1.54, 1.807) is 11.3 Å². The second kappa shape index (κ2) is 5.77. The number of aryl methyl sites for hydroxylation is 1. The summed E-state index contributed by atoms with van der Waals surface area (Å²) in [5, 5.41) is 11.9. The summed E-state index contributed by atoms with van der Waals surface area (Å²) in [4.78, 5) is 17.4. The molecular formula is C12H18N2O3S. The molecule has 1 fully saturated rings. The van der Waals surface area contributed by atoms with Crippen LogP contribution in [-0.2, 0) is 9.53 Å². The molecule has 2 unspecified atom stereocenters. The van der Waals surface area contributed by atoms with Gasteiger partial charge in [0.2, 0.25) is 0 Å². The van der Waals surface area contributed by atoms with Crippen LogP contribution in [0.5, 0.6) is 0 Å². The molecule has 18 heavy (non-hydrogen) atoms. The Labute approximate surface area is 110 Å². The second-order valence-corrected chi connectivity index (χ2v) is 5.62. The van der Waals surface area contributed by atoms with E-state index >= 15 is 0 Å². The minimum absolute atomic E-state index is 0.0688. The van der Waals surface area contributed by atoms with Crippen molar-refractivity contribution in [3.63, 3.8) is 0 Å². The van der Waals surface area contributed by atoms with Gasteiger partial charge in [-0.2, -0.15) is 0 Å². The Morgan fingerprint density at radius 2 is 2.56 bits per heavy atom. The largest absolute Gasteiger partial charge is 0.481 e. The van der Waals surface area contributed by atoms with Crippen LogP contribution in [0.25, 0.3) is 0 Å². The van der Waals surface area contributed by atoms with Gasteiger partial charge in [0.15, 0.2) is 0 Å². The molecule has 2 heterocycles. The van der Waals surface area contributed by atoms with Crippen LogP contribution in [-0.4, -0.2) is 46.8 Å². The molecule has 1 aliphatic rings. The third-order valence-electron chi connectivity index (χ3n) is 3.19. The lowest BCUT2D eigenvalue weighted by Gasteiger charge is -2.35. The number of carbonyl (C=O) groups is 1. The number of carboxylic acid groups (broad SMARTS) is 1. The van der Waals surface area contributed by atoms with Gasteiger partial charge in [-0.15, -0.1) is 11.3 Å². The maximum Gasteiger partial charge on any atom is 0.306 e. The predicted octanol–water partition coefficient (Wildman–Crippen LogP) is 1.69. The molecule has 0 radical (unpaired) electrons. The number of carboxylic acids is 1. The number of aliphatic carboxylic acids is 1. The summed E-state index contributed by atoms with van der Waals surface area (Å²) in [6.45, 7) is 6.17. The molecule has 1 N–H and O–H groups in total. The van der Waals surface area contributed by atoms with Gasteiger partial charge in [0, 0.05) is 18.5 Å². The van der Waals surface area contributed by atoms with Gasteiger partial charge in [0.25, 0.3) is 0 Å². The standard InChI is InChI=1S/C12H18N2O3S/c1-8(11-7-18-9(2)13-11)14-3-4-17-10(6-14)5-12(15)16/h7-8,10H,3-6H2,1-2H3,(H,15,16). The first-order valence-corrected chi connectivity index (χ1v) is 6.93. The van der Waals surface area contributed by atoms with Gasteiger partial charge in [-0.3, -0.25) is 9.69 Å². The quantitative estimate of drug-likeness (QED) is 0.902. The fourth-order valence-corrected chi connectivity index (χ4v) is 2.87. The highest BCUT2D eigenvalue weighted by Crippen LogP contribution is 2.24. The molecule has 1 aromatic rings. The van der Waals surface area contributed by atoms with Crippen molar-refractivity contribution in [2.45, 2.75) is 32.4 Å². The monoisotopic (exact) mass is 270 g/mol. The van der Waals surface area contributed by atoms with Crippen molar-refractivity contribution in [2.24, 2.45) is 0 Å². The van der Waals surface area contributed by atoms with Gasteiger partial charge in [-0.1, -0.05) is 0 Å². The number of hydrogen-bond acceptors (Lipinski definition) is 5. The number of hydrogen-bond donors (Lipinski definition) is 1. The van der Waals surface area contributed by atoms with E-state index in [4.69, 9.17) is 9.84 Å². The summed E-state index contributed by atoms with van der Waals surface area (Å²) in [7, 11) is 0. The van der Waals surface area contributed by atoms with Gasteiger partial charge in [-0.25, -0.2) is 4.98 Å². The molecule has 0 amide bonds. The van der Waals surface area contributed by atoms with E-state index in [0.29, 0.717) is 13.2 Å². The van der Waals surface area contributed by atoms with Crippen LogP contribution in [0.3, 0.4) is 0 Å². The Balaban J connectivity index is 1.97. The molecule has 1 saturated heterocycles. The Morgan fingerprint density at radius 3 is 3.17 bits per heavy atom. The molecule has 0 aromatic carbocycles. The van der Waals surface area contributed by atoms with E-state index in [1.165, 1.54) is 0 Å². The summed E-state index contributed by atoms with van der Waals surface area (Å²) in [6, 6.07) is 0.218. The second-order valence-electron chi connectivity index (χ2n) is 4.55. The molecule has 2 rings (SSSR count). The number of morpholine rings is 1. The number of aromatic nitrogens is 1. The first-order valence-electron chi connectivity index (χ1n) is 6.05. The van der Waals surface area contributed by atoms with E-state index in [0.717, 1.165) is 17.2 Å². The van der Waals surface area contributed by atoms with Gasteiger partial charge in [0.1, 0.15) is 0 Å². The fourth-order valence-electron chi connectivity index (χ4n) is 2.17. The van der Waals surface area contributed by atoms with Gasteiger partial charge < -0.3 is 9.84 Å². The highest BCUT2D eigenvalue weighted by Gasteiger charge is 2.27. The highest BCUT2D eigenvalue weighted by atomic mass is 32.1. The zero-order valence-electron chi connectivity index (χ0n) is 10.6. The van der Waals surface area contributed by atoms with Crippen LogP contribution < -0.4 is 0 Å². The normalized spacial score (nSPS) is 22.9. The lowest BCUT2D eigenvalue weighted by Crippen LogP contribution is -2.44. The number of thiazole rings is 1. The smallest absolute Gasteiger partial charge is 0.306 e. The molecule has 100 valence electrons. The first kappa shape index (κ1) is 13.5. The number of rotatable bonds is 4. The highest BCUT2D eigenvalue weighted by molar-refractivity contribution is 7.09. The summed E-state index contributed by atoms with van der Waals surface area (Å²) in [5.41, 5.74) is 1.06. The molecule has 2 atom stereocenters. The lowest BCUT2D eigenvalue weighted by atomic mass is 10.1. The minimum Gasteiger partial charge on any atom is -0.481 e. The zero-order chi connectivity index (χ0) is 13.1. The van der Waals surface area contributed by atoms with Crippen LogP contribution >= 0.6 is 11.3 Å². The molecule has 6 heteroatoms. The van der Waals surface area contributed by atoms with Crippen LogP contribution in [0.1, 0.15) is 30.1 Å². The van der Waals surface area contributed by atoms with Crippen molar-refractivity contribution in [3.05, 3.63) is 16.1 Å². The Kier molecular flexibility index (Phi) is 4.31. The average molecular weight is 270 g/mol. The van der Waals surface area contributed by atoms with Crippen molar-refractivity contribution < 1.29 is 14.6 Å². The fraction of sp³-hybridized carbons (Fsp3) is 0.667. The van der Waals surface area contributed by atoms with E-state index in [2.05, 4.69) is 22.2 Å². The van der Waals surface area contributed by atoms with Gasteiger partial charge >= 0.3 is 5.97 Å². The van der Waals surface area contributed by atoms with E-state index in [1.807, 2.05) is 6.92 Å². The van der Waals surface area contributed by atoms with Gasteiger partial charge in [0.05, 0.1) is 35.9 Å². The first-order chi connectivity index (χ1) is 8.56. The molecular weight excluding hydrogens is 252 g/mol. The molecule has 0 aliphatic carbocycles. The molecule has 1 aromatic heterocycles. The van der Waals surface area contributed by atoms with Gasteiger partial charge in [-0.05, 0) is 13.8 Å². The van der Waals surface area contributed by atoms with Crippen LogP contribution in [0.4, 0.5) is 0 Å². The third kappa shape index (κ3) is 3.28. The Hall–Kier alpha value is -0.980. The van der Waals surface area contributed by atoms with Crippen LogP contribution in [0, 0.1) is 6.92 Å². The van der Waals surface area contributed by atoms with Crippen molar-refractivity contribution in [1.82, 2.24) is 9.88 Å². The maximum absolute atomic E-state index is 10.7. The predicted molar refractivity (Wildman–Crippen MR) is 68.8 cm³/mol. The topological polar surface area (TPSA) is 62.7 Å². The van der Waals surface area contributed by atoms with Crippen molar-refractivity contribution in [1.29, 1.82) is 0 Å².